The zero-order chi connectivity index (χ0) is 19.9. The number of benzene rings is 1. The second-order valence-electron chi connectivity index (χ2n) is 7.25. The van der Waals surface area contributed by atoms with Gasteiger partial charge in [0.25, 0.3) is 5.91 Å². The van der Waals surface area contributed by atoms with Crippen molar-refractivity contribution in [2.24, 2.45) is 11.7 Å². The van der Waals surface area contributed by atoms with Crippen LogP contribution in [0.4, 0.5) is 0 Å². The van der Waals surface area contributed by atoms with Crippen LogP contribution in [0.5, 0.6) is 11.5 Å². The third-order valence-electron chi connectivity index (χ3n) is 5.12. The average Bonchev–Trinajstić information content (AvgIpc) is 2.73. The Morgan fingerprint density at radius 1 is 1.25 bits per heavy atom. The van der Waals surface area contributed by atoms with Crippen molar-refractivity contribution in [1.82, 2.24) is 9.88 Å². The van der Waals surface area contributed by atoms with Crippen molar-refractivity contribution in [2.45, 2.75) is 39.3 Å². The summed E-state index contributed by atoms with van der Waals surface area (Å²) >= 11 is 0. The summed E-state index contributed by atoms with van der Waals surface area (Å²) in [4.78, 5) is 18.9. The molecular formula is C22H29N3O3. The number of nitrogens with zero attached hydrogens (tertiary/aromatic N) is 2. The third kappa shape index (κ3) is 5.01. The van der Waals surface area contributed by atoms with Gasteiger partial charge in [-0.25, -0.2) is 0 Å². The van der Waals surface area contributed by atoms with E-state index in [1.54, 1.807) is 18.5 Å². The van der Waals surface area contributed by atoms with Gasteiger partial charge >= 0.3 is 0 Å². The molecule has 2 heterocycles. The highest BCUT2D eigenvalue weighted by atomic mass is 16.5. The van der Waals surface area contributed by atoms with E-state index in [0.717, 1.165) is 24.9 Å². The molecule has 1 aromatic heterocycles. The molecule has 150 valence electrons. The molecule has 1 amide bonds. The SMILES string of the molecule is CCOc1cc(C(=O)N2CCC[C@@H]([C@@H](C)N)C2)ccc1OCc1ccncc1. The number of hydrogen-bond acceptors (Lipinski definition) is 5. The number of likely N-dealkylation sites (tertiary alicyclic amines) is 1. The fourth-order valence-electron chi connectivity index (χ4n) is 3.47. The minimum Gasteiger partial charge on any atom is -0.490 e. The first-order valence-corrected chi connectivity index (χ1v) is 9.92. The lowest BCUT2D eigenvalue weighted by molar-refractivity contribution is 0.0660. The lowest BCUT2D eigenvalue weighted by Gasteiger charge is -2.34. The quantitative estimate of drug-likeness (QED) is 0.794. The molecule has 28 heavy (non-hydrogen) atoms. The van der Waals surface area contributed by atoms with Crippen LogP contribution >= 0.6 is 0 Å². The van der Waals surface area contributed by atoms with E-state index in [4.69, 9.17) is 15.2 Å². The maximum atomic E-state index is 13.0. The van der Waals surface area contributed by atoms with Gasteiger partial charge in [-0.2, -0.15) is 0 Å². The van der Waals surface area contributed by atoms with Crippen molar-refractivity contribution in [2.75, 3.05) is 19.7 Å². The van der Waals surface area contributed by atoms with Crippen molar-refractivity contribution >= 4 is 5.91 Å². The molecule has 6 heteroatoms. The topological polar surface area (TPSA) is 77.7 Å². The fraction of sp³-hybridized carbons (Fsp3) is 0.455. The molecule has 0 saturated carbocycles. The monoisotopic (exact) mass is 383 g/mol. The van der Waals surface area contributed by atoms with E-state index in [9.17, 15) is 4.79 Å². The van der Waals surface area contributed by atoms with Crippen LogP contribution in [-0.2, 0) is 6.61 Å². The summed E-state index contributed by atoms with van der Waals surface area (Å²) in [6.45, 7) is 6.32. The molecule has 2 N–H and O–H groups in total. The highest BCUT2D eigenvalue weighted by Crippen LogP contribution is 2.30. The van der Waals surface area contributed by atoms with E-state index in [1.807, 2.05) is 43.0 Å². The predicted molar refractivity (Wildman–Crippen MR) is 108 cm³/mol. The normalized spacial score (nSPS) is 17.8. The Hall–Kier alpha value is -2.60. The van der Waals surface area contributed by atoms with Gasteiger partial charge in [-0.05, 0) is 68.5 Å². The van der Waals surface area contributed by atoms with Gasteiger partial charge in [0.15, 0.2) is 11.5 Å². The molecule has 0 unspecified atom stereocenters. The number of amides is 1. The summed E-state index contributed by atoms with van der Waals surface area (Å²) in [5.41, 5.74) is 7.69. The number of carbonyl (C=O) groups is 1. The molecule has 3 rings (SSSR count). The predicted octanol–water partition coefficient (Wildman–Crippen LogP) is 3.26. The van der Waals surface area contributed by atoms with Crippen molar-refractivity contribution < 1.29 is 14.3 Å². The van der Waals surface area contributed by atoms with Crippen LogP contribution in [0, 0.1) is 5.92 Å². The summed E-state index contributed by atoms with van der Waals surface area (Å²) in [6.07, 6.45) is 5.53. The average molecular weight is 383 g/mol. The van der Waals surface area contributed by atoms with Crippen molar-refractivity contribution in [3.05, 3.63) is 53.9 Å². The van der Waals surface area contributed by atoms with E-state index in [1.165, 1.54) is 0 Å². The van der Waals surface area contributed by atoms with Crippen LogP contribution in [0.3, 0.4) is 0 Å². The first-order chi connectivity index (χ1) is 13.6. The standard InChI is InChI=1S/C22H29N3O3/c1-3-27-21-13-18(22(26)25-12-4-5-19(14-25)16(2)23)6-7-20(21)28-15-17-8-10-24-11-9-17/h6-11,13,16,19H,3-5,12,14-15,23H2,1-2H3/t16-,19-/m1/s1. The number of pyridine rings is 1. The van der Waals surface area contributed by atoms with Gasteiger partial charge in [-0.1, -0.05) is 0 Å². The molecule has 1 fully saturated rings. The Morgan fingerprint density at radius 3 is 2.75 bits per heavy atom. The van der Waals surface area contributed by atoms with E-state index >= 15 is 0 Å². The first kappa shape index (κ1) is 20.1. The number of aromatic nitrogens is 1. The summed E-state index contributed by atoms with van der Waals surface area (Å²) in [7, 11) is 0. The largest absolute Gasteiger partial charge is 0.490 e. The number of hydrogen-bond donors (Lipinski definition) is 1. The highest BCUT2D eigenvalue weighted by Gasteiger charge is 2.27. The minimum absolute atomic E-state index is 0.0204. The molecular weight excluding hydrogens is 354 g/mol. The van der Waals surface area contributed by atoms with Gasteiger partial charge in [0.05, 0.1) is 6.61 Å². The Labute approximate surface area is 166 Å². The molecule has 0 spiro atoms. The van der Waals surface area contributed by atoms with E-state index in [2.05, 4.69) is 4.98 Å². The molecule has 2 aromatic rings. The molecule has 1 aliphatic heterocycles. The molecule has 6 nitrogen and oxygen atoms in total. The zero-order valence-corrected chi connectivity index (χ0v) is 16.6. The Balaban J connectivity index is 1.73. The van der Waals surface area contributed by atoms with E-state index < -0.39 is 0 Å². The smallest absolute Gasteiger partial charge is 0.254 e. The molecule has 1 saturated heterocycles. The van der Waals surface area contributed by atoms with Gasteiger partial charge < -0.3 is 20.1 Å². The number of ether oxygens (including phenoxy) is 2. The zero-order valence-electron chi connectivity index (χ0n) is 16.6. The number of carbonyl (C=O) groups excluding carboxylic acids is 1. The summed E-state index contributed by atoms with van der Waals surface area (Å²) < 4.78 is 11.6. The van der Waals surface area contributed by atoms with Gasteiger partial charge in [0, 0.05) is 37.1 Å². The Bertz CT molecular complexity index is 780. The van der Waals surface area contributed by atoms with Crippen molar-refractivity contribution in [3.63, 3.8) is 0 Å². The van der Waals surface area contributed by atoms with Crippen molar-refractivity contribution in [1.29, 1.82) is 0 Å². The van der Waals surface area contributed by atoms with Crippen molar-refractivity contribution in [3.8, 4) is 11.5 Å². The number of rotatable bonds is 7. The molecule has 0 bridgehead atoms. The third-order valence-corrected chi connectivity index (χ3v) is 5.12. The van der Waals surface area contributed by atoms with Crippen LogP contribution in [-0.4, -0.2) is 41.5 Å². The second kappa shape index (κ2) is 9.55. The molecule has 0 radical (unpaired) electrons. The Morgan fingerprint density at radius 2 is 2.04 bits per heavy atom. The fourth-order valence-corrected chi connectivity index (χ4v) is 3.47. The van der Waals surface area contributed by atoms with E-state index in [0.29, 0.717) is 42.7 Å². The van der Waals surface area contributed by atoms with Gasteiger partial charge in [-0.3, -0.25) is 9.78 Å². The maximum Gasteiger partial charge on any atom is 0.254 e. The summed E-state index contributed by atoms with van der Waals surface area (Å²) in [5, 5.41) is 0. The van der Waals surface area contributed by atoms with Gasteiger partial charge in [0.1, 0.15) is 6.61 Å². The van der Waals surface area contributed by atoms with E-state index in [-0.39, 0.29) is 11.9 Å². The Kier molecular flexibility index (Phi) is 6.87. The minimum atomic E-state index is 0.0204. The van der Waals surface area contributed by atoms with Crippen LogP contribution in [0.1, 0.15) is 42.6 Å². The van der Waals surface area contributed by atoms with Crippen LogP contribution < -0.4 is 15.2 Å². The first-order valence-electron chi connectivity index (χ1n) is 9.92. The molecule has 1 aromatic carbocycles. The maximum absolute atomic E-state index is 13.0. The van der Waals surface area contributed by atoms with Crippen LogP contribution in [0.2, 0.25) is 0 Å². The molecule has 0 aliphatic carbocycles. The summed E-state index contributed by atoms with van der Waals surface area (Å²) in [5.74, 6) is 1.59. The van der Waals surface area contributed by atoms with Crippen LogP contribution in [0.25, 0.3) is 0 Å². The highest BCUT2D eigenvalue weighted by molar-refractivity contribution is 5.95. The molecule has 2 atom stereocenters. The van der Waals surface area contributed by atoms with Gasteiger partial charge in [0.2, 0.25) is 0 Å². The second-order valence-corrected chi connectivity index (χ2v) is 7.25. The number of nitrogens with two attached hydrogens (primary N) is 1. The lowest BCUT2D eigenvalue weighted by Crippen LogP contribution is -2.45. The van der Waals surface area contributed by atoms with Crippen LogP contribution in [0.15, 0.2) is 42.7 Å². The van der Waals surface area contributed by atoms with Gasteiger partial charge in [-0.15, -0.1) is 0 Å². The lowest BCUT2D eigenvalue weighted by atomic mass is 9.92. The summed E-state index contributed by atoms with van der Waals surface area (Å²) in [6, 6.07) is 9.31. The number of piperidine rings is 1. The molecule has 1 aliphatic rings.